The lowest BCUT2D eigenvalue weighted by atomic mass is 9.97. The van der Waals surface area contributed by atoms with E-state index in [9.17, 15) is 0 Å². The van der Waals surface area contributed by atoms with Crippen LogP contribution in [0.25, 0.3) is 21.5 Å². The molecule has 3 rings (SSSR count). The van der Waals surface area contributed by atoms with Gasteiger partial charge in [0, 0.05) is 5.56 Å². The summed E-state index contributed by atoms with van der Waals surface area (Å²) in [5.41, 5.74) is 1.11. The van der Waals surface area contributed by atoms with E-state index in [1.807, 2.05) is 6.92 Å². The van der Waals surface area contributed by atoms with Gasteiger partial charge in [0.15, 0.2) is 0 Å². The van der Waals surface area contributed by atoms with E-state index in [0.717, 1.165) is 5.56 Å². The summed E-state index contributed by atoms with van der Waals surface area (Å²) in [5, 5.41) is 5.07. The SMILES string of the molecule is CC#Cc1cc2ccccc2c2ccccc12. The van der Waals surface area contributed by atoms with Crippen molar-refractivity contribution in [1.82, 2.24) is 0 Å². The summed E-state index contributed by atoms with van der Waals surface area (Å²) in [4.78, 5) is 0. The van der Waals surface area contributed by atoms with E-state index in [0.29, 0.717) is 0 Å². The summed E-state index contributed by atoms with van der Waals surface area (Å²) < 4.78 is 0. The maximum absolute atomic E-state index is 3.19. The molecule has 17 heavy (non-hydrogen) atoms. The van der Waals surface area contributed by atoms with Crippen LogP contribution in [0.2, 0.25) is 0 Å². The summed E-state index contributed by atoms with van der Waals surface area (Å²) in [6, 6.07) is 19.1. The van der Waals surface area contributed by atoms with Crippen LogP contribution in [0.4, 0.5) is 0 Å². The molecule has 3 aromatic rings. The van der Waals surface area contributed by atoms with Gasteiger partial charge in [-0.15, -0.1) is 5.92 Å². The van der Waals surface area contributed by atoms with Crippen molar-refractivity contribution < 1.29 is 0 Å². The van der Waals surface area contributed by atoms with E-state index in [4.69, 9.17) is 0 Å². The van der Waals surface area contributed by atoms with Crippen molar-refractivity contribution >= 4 is 21.5 Å². The molecule has 0 atom stereocenters. The molecule has 0 radical (unpaired) electrons. The standard InChI is InChI=1S/C17H12/c1-2-7-13-12-14-8-3-4-9-16(14)17-11-6-5-10-15(13)17/h3-6,8-12H,1H3. The van der Waals surface area contributed by atoms with Gasteiger partial charge in [0.05, 0.1) is 0 Å². The molecule has 0 amide bonds. The number of fused-ring (bicyclic) bond motifs is 3. The predicted octanol–water partition coefficient (Wildman–Crippen LogP) is 4.36. The molecule has 80 valence electrons. The molecule has 0 aromatic heterocycles. The summed E-state index contributed by atoms with van der Waals surface area (Å²) in [6.07, 6.45) is 0. The lowest BCUT2D eigenvalue weighted by Gasteiger charge is -2.06. The molecule has 0 aliphatic heterocycles. The second-order valence-corrected chi connectivity index (χ2v) is 4.07. The molecule has 0 spiro atoms. The lowest BCUT2D eigenvalue weighted by Crippen LogP contribution is -1.82. The Bertz CT molecular complexity index is 755. The Morgan fingerprint density at radius 1 is 0.765 bits per heavy atom. The van der Waals surface area contributed by atoms with Crippen molar-refractivity contribution in [3.05, 3.63) is 60.2 Å². The molecule has 0 heterocycles. The first kappa shape index (κ1) is 9.93. The minimum atomic E-state index is 1.11. The average Bonchev–Trinajstić information content (AvgIpc) is 2.39. The first-order valence-electron chi connectivity index (χ1n) is 5.73. The predicted molar refractivity (Wildman–Crippen MR) is 74.0 cm³/mol. The first-order valence-corrected chi connectivity index (χ1v) is 5.73. The summed E-state index contributed by atoms with van der Waals surface area (Å²) in [5.74, 6) is 6.18. The summed E-state index contributed by atoms with van der Waals surface area (Å²) in [7, 11) is 0. The van der Waals surface area contributed by atoms with E-state index >= 15 is 0 Å². The van der Waals surface area contributed by atoms with Crippen molar-refractivity contribution in [2.75, 3.05) is 0 Å². The van der Waals surface area contributed by atoms with Crippen molar-refractivity contribution in [2.45, 2.75) is 6.92 Å². The largest absolute Gasteiger partial charge is 0.101 e. The van der Waals surface area contributed by atoms with Crippen LogP contribution < -0.4 is 0 Å². The Morgan fingerprint density at radius 2 is 1.41 bits per heavy atom. The highest BCUT2D eigenvalue weighted by molar-refractivity contribution is 6.09. The van der Waals surface area contributed by atoms with Gasteiger partial charge in [-0.1, -0.05) is 54.5 Å². The first-order chi connectivity index (χ1) is 8.40. The van der Waals surface area contributed by atoms with Gasteiger partial charge in [-0.25, -0.2) is 0 Å². The van der Waals surface area contributed by atoms with Crippen LogP contribution in [0.1, 0.15) is 12.5 Å². The van der Waals surface area contributed by atoms with Gasteiger partial charge in [0.1, 0.15) is 0 Å². The second kappa shape index (κ2) is 3.96. The van der Waals surface area contributed by atoms with Gasteiger partial charge >= 0.3 is 0 Å². The number of hydrogen-bond donors (Lipinski definition) is 0. The van der Waals surface area contributed by atoms with Crippen LogP contribution in [0.5, 0.6) is 0 Å². The lowest BCUT2D eigenvalue weighted by molar-refractivity contribution is 1.72. The molecule has 3 aromatic carbocycles. The van der Waals surface area contributed by atoms with Crippen LogP contribution in [-0.4, -0.2) is 0 Å². The van der Waals surface area contributed by atoms with Gasteiger partial charge < -0.3 is 0 Å². The van der Waals surface area contributed by atoms with Crippen molar-refractivity contribution in [3.8, 4) is 11.8 Å². The Balaban J connectivity index is 2.57. The van der Waals surface area contributed by atoms with Crippen molar-refractivity contribution in [2.24, 2.45) is 0 Å². The highest BCUT2D eigenvalue weighted by Gasteiger charge is 2.03. The topological polar surface area (TPSA) is 0 Å². The van der Waals surface area contributed by atoms with E-state index in [-0.39, 0.29) is 0 Å². The summed E-state index contributed by atoms with van der Waals surface area (Å²) in [6.45, 7) is 1.88. The quantitative estimate of drug-likeness (QED) is 0.387. The molecule has 0 N–H and O–H groups in total. The van der Waals surface area contributed by atoms with Gasteiger partial charge in [-0.3, -0.25) is 0 Å². The minimum Gasteiger partial charge on any atom is -0.101 e. The van der Waals surface area contributed by atoms with E-state index in [1.54, 1.807) is 0 Å². The highest BCUT2D eigenvalue weighted by Crippen LogP contribution is 2.27. The molecule has 0 nitrogen and oxygen atoms in total. The molecular weight excluding hydrogens is 204 g/mol. The molecule has 0 unspecified atom stereocenters. The second-order valence-electron chi connectivity index (χ2n) is 4.07. The molecular formula is C17H12. The zero-order valence-electron chi connectivity index (χ0n) is 9.70. The third-order valence-electron chi connectivity index (χ3n) is 3.03. The minimum absolute atomic E-state index is 1.11. The van der Waals surface area contributed by atoms with Crippen molar-refractivity contribution in [1.29, 1.82) is 0 Å². The zero-order valence-corrected chi connectivity index (χ0v) is 9.70. The molecule has 0 aliphatic carbocycles. The zero-order chi connectivity index (χ0) is 11.7. The number of benzene rings is 3. The average molecular weight is 216 g/mol. The maximum atomic E-state index is 3.19. The Kier molecular flexibility index (Phi) is 2.31. The van der Waals surface area contributed by atoms with Gasteiger partial charge in [0.25, 0.3) is 0 Å². The molecule has 0 bridgehead atoms. The van der Waals surface area contributed by atoms with Crippen LogP contribution >= 0.6 is 0 Å². The fraction of sp³-hybridized carbons (Fsp3) is 0.0588. The Hall–Kier alpha value is -2.26. The number of rotatable bonds is 0. The number of hydrogen-bond acceptors (Lipinski definition) is 0. The molecule has 0 saturated heterocycles. The molecule has 0 aliphatic rings. The van der Waals surface area contributed by atoms with Crippen LogP contribution in [0.3, 0.4) is 0 Å². The Morgan fingerprint density at radius 3 is 2.18 bits per heavy atom. The van der Waals surface area contributed by atoms with E-state index in [1.165, 1.54) is 21.5 Å². The highest BCUT2D eigenvalue weighted by atomic mass is 14.1. The smallest absolute Gasteiger partial charge is 0.0329 e. The van der Waals surface area contributed by atoms with E-state index in [2.05, 4.69) is 66.4 Å². The van der Waals surface area contributed by atoms with Crippen LogP contribution in [-0.2, 0) is 0 Å². The fourth-order valence-electron chi connectivity index (χ4n) is 2.29. The van der Waals surface area contributed by atoms with E-state index < -0.39 is 0 Å². The molecule has 0 heteroatoms. The third kappa shape index (κ3) is 1.57. The van der Waals surface area contributed by atoms with Crippen LogP contribution in [0.15, 0.2) is 54.6 Å². The fourth-order valence-corrected chi connectivity index (χ4v) is 2.29. The maximum Gasteiger partial charge on any atom is 0.0329 e. The normalized spacial score (nSPS) is 10.2. The molecule has 0 fully saturated rings. The monoisotopic (exact) mass is 216 g/mol. The Labute approximate surface area is 101 Å². The van der Waals surface area contributed by atoms with Crippen LogP contribution in [0, 0.1) is 11.8 Å². The third-order valence-corrected chi connectivity index (χ3v) is 3.03. The van der Waals surface area contributed by atoms with Gasteiger partial charge in [-0.05, 0) is 34.5 Å². The van der Waals surface area contributed by atoms with Gasteiger partial charge in [-0.2, -0.15) is 0 Å². The molecule has 0 saturated carbocycles. The van der Waals surface area contributed by atoms with Gasteiger partial charge in [0.2, 0.25) is 0 Å². The van der Waals surface area contributed by atoms with Crippen molar-refractivity contribution in [3.63, 3.8) is 0 Å². The summed E-state index contributed by atoms with van der Waals surface area (Å²) >= 11 is 0.